The number of thioether (sulfide) groups is 1. The molecule has 0 aliphatic carbocycles. The van der Waals surface area contributed by atoms with Gasteiger partial charge in [-0.3, -0.25) is 14.2 Å². The fourth-order valence-electron chi connectivity index (χ4n) is 3.18. The lowest BCUT2D eigenvalue weighted by molar-refractivity contribution is -0.120. The van der Waals surface area contributed by atoms with Crippen molar-refractivity contribution in [1.29, 1.82) is 5.26 Å². The molecule has 0 aliphatic heterocycles. The van der Waals surface area contributed by atoms with Crippen molar-refractivity contribution in [3.63, 3.8) is 0 Å². The van der Waals surface area contributed by atoms with E-state index in [9.17, 15) is 14.9 Å². The number of amides is 1. The average molecular weight is 469 g/mol. The number of aryl methyl sites for hydroxylation is 1. The summed E-state index contributed by atoms with van der Waals surface area (Å²) in [6.07, 6.45) is 0. The van der Waals surface area contributed by atoms with E-state index < -0.39 is 5.54 Å². The Bertz CT molecular complexity index is 1300. The number of hydrogen-bond donors (Lipinski definition) is 1. The number of carbonyl (C=O) groups is 1. The van der Waals surface area contributed by atoms with Gasteiger partial charge >= 0.3 is 0 Å². The highest BCUT2D eigenvalue weighted by Crippen LogP contribution is 2.26. The minimum Gasteiger partial charge on any atom is -0.337 e. The molecule has 166 valence electrons. The van der Waals surface area contributed by atoms with Crippen LogP contribution in [0, 0.1) is 31.1 Å². The third kappa shape index (κ3) is 4.67. The van der Waals surface area contributed by atoms with Crippen LogP contribution in [0.25, 0.3) is 16.6 Å². The largest absolute Gasteiger partial charge is 0.337 e. The van der Waals surface area contributed by atoms with E-state index >= 15 is 0 Å². The number of rotatable bonds is 6. The van der Waals surface area contributed by atoms with E-state index in [0.29, 0.717) is 26.8 Å². The first-order valence-corrected chi connectivity index (χ1v) is 11.6. The molecular weight excluding hydrogens is 444 g/mol. The highest BCUT2D eigenvalue weighted by Gasteiger charge is 2.30. The van der Waals surface area contributed by atoms with Gasteiger partial charge in [0.2, 0.25) is 5.91 Å². The molecule has 1 N–H and O–H groups in total. The molecule has 0 aliphatic rings. The van der Waals surface area contributed by atoms with Crippen LogP contribution in [0.2, 0.25) is 5.02 Å². The molecule has 0 spiro atoms. The summed E-state index contributed by atoms with van der Waals surface area (Å²) in [5.41, 5.74) is 1.97. The maximum Gasteiger partial charge on any atom is 0.266 e. The van der Waals surface area contributed by atoms with E-state index in [2.05, 4.69) is 16.4 Å². The molecule has 1 amide bonds. The van der Waals surface area contributed by atoms with E-state index in [1.807, 2.05) is 45.9 Å². The fraction of sp³-hybridized carbons (Fsp3) is 0.333. The van der Waals surface area contributed by atoms with E-state index in [0.717, 1.165) is 22.9 Å². The number of aromatic nitrogens is 2. The summed E-state index contributed by atoms with van der Waals surface area (Å²) in [6, 6.07) is 12.9. The lowest BCUT2D eigenvalue weighted by Crippen LogP contribution is -2.49. The average Bonchev–Trinajstić information content (AvgIpc) is 2.74. The molecule has 2 aromatic carbocycles. The van der Waals surface area contributed by atoms with Crippen molar-refractivity contribution < 1.29 is 4.79 Å². The van der Waals surface area contributed by atoms with Gasteiger partial charge < -0.3 is 5.32 Å². The standard InChI is InChI=1S/C24H25ClN4O2S/c1-14(2)24(5,13-26)28-21(30)12-32-23-27-19-11-17(25)9-10-18(19)22(31)29(23)20-8-6-7-15(3)16(20)4/h6-11,14H,12H2,1-5H3,(H,28,30). The molecule has 0 radical (unpaired) electrons. The molecule has 3 rings (SSSR count). The zero-order valence-corrected chi connectivity index (χ0v) is 20.3. The lowest BCUT2D eigenvalue weighted by atomic mass is 9.90. The first-order chi connectivity index (χ1) is 15.1. The SMILES string of the molecule is Cc1cccc(-n2c(SCC(=O)NC(C)(C#N)C(C)C)nc3cc(Cl)ccc3c2=O)c1C. The molecule has 0 saturated heterocycles. The summed E-state index contributed by atoms with van der Waals surface area (Å²) < 4.78 is 1.54. The highest BCUT2D eigenvalue weighted by atomic mass is 35.5. The summed E-state index contributed by atoms with van der Waals surface area (Å²) >= 11 is 7.27. The van der Waals surface area contributed by atoms with Crippen LogP contribution in [-0.2, 0) is 4.79 Å². The number of benzene rings is 2. The summed E-state index contributed by atoms with van der Waals surface area (Å²) in [5, 5.41) is 13.6. The smallest absolute Gasteiger partial charge is 0.266 e. The molecule has 32 heavy (non-hydrogen) atoms. The molecule has 1 atom stereocenters. The van der Waals surface area contributed by atoms with Crippen LogP contribution in [0.3, 0.4) is 0 Å². The number of fused-ring (bicyclic) bond motifs is 1. The second-order valence-corrected chi connectivity index (χ2v) is 9.60. The summed E-state index contributed by atoms with van der Waals surface area (Å²) in [4.78, 5) is 30.8. The van der Waals surface area contributed by atoms with Gasteiger partial charge in [0.15, 0.2) is 5.16 Å². The normalized spacial score (nSPS) is 13.1. The van der Waals surface area contributed by atoms with Gasteiger partial charge in [-0.15, -0.1) is 0 Å². The number of hydrogen-bond acceptors (Lipinski definition) is 5. The third-order valence-corrected chi connectivity index (χ3v) is 6.91. The van der Waals surface area contributed by atoms with Gasteiger partial charge in [0.25, 0.3) is 5.56 Å². The number of carbonyl (C=O) groups excluding carboxylic acids is 1. The number of nitriles is 1. The van der Waals surface area contributed by atoms with Crippen molar-refractivity contribution in [1.82, 2.24) is 14.9 Å². The van der Waals surface area contributed by atoms with Gasteiger partial charge in [0.05, 0.1) is 28.4 Å². The predicted octanol–water partition coefficient (Wildman–Crippen LogP) is 4.80. The third-order valence-electron chi connectivity index (χ3n) is 5.74. The highest BCUT2D eigenvalue weighted by molar-refractivity contribution is 7.99. The maximum atomic E-state index is 13.5. The second-order valence-electron chi connectivity index (χ2n) is 8.22. The molecule has 0 saturated carbocycles. The molecule has 0 fully saturated rings. The van der Waals surface area contributed by atoms with Gasteiger partial charge in [-0.2, -0.15) is 5.26 Å². The zero-order valence-electron chi connectivity index (χ0n) is 18.7. The van der Waals surface area contributed by atoms with Crippen LogP contribution in [0.5, 0.6) is 0 Å². The molecule has 8 heteroatoms. The molecule has 3 aromatic rings. The topological polar surface area (TPSA) is 87.8 Å². The maximum absolute atomic E-state index is 13.5. The summed E-state index contributed by atoms with van der Waals surface area (Å²) in [6.45, 7) is 9.38. The zero-order chi connectivity index (χ0) is 23.6. The van der Waals surface area contributed by atoms with Gasteiger partial charge in [-0.1, -0.05) is 49.3 Å². The van der Waals surface area contributed by atoms with Crippen molar-refractivity contribution in [3.8, 4) is 11.8 Å². The Labute approximate surface area is 196 Å². The van der Waals surface area contributed by atoms with Crippen molar-refractivity contribution >= 4 is 40.2 Å². The van der Waals surface area contributed by atoms with Gasteiger partial charge in [0, 0.05) is 5.02 Å². The van der Waals surface area contributed by atoms with Crippen molar-refractivity contribution in [3.05, 3.63) is 62.9 Å². The van der Waals surface area contributed by atoms with E-state index in [1.54, 1.807) is 29.7 Å². The summed E-state index contributed by atoms with van der Waals surface area (Å²) in [5.74, 6) is -0.357. The van der Waals surface area contributed by atoms with Crippen LogP contribution in [0.1, 0.15) is 31.9 Å². The summed E-state index contributed by atoms with van der Waals surface area (Å²) in [7, 11) is 0. The number of nitrogens with zero attached hydrogens (tertiary/aromatic N) is 3. The van der Waals surface area contributed by atoms with Gasteiger partial charge in [0.1, 0.15) is 5.54 Å². The van der Waals surface area contributed by atoms with E-state index in [-0.39, 0.29) is 23.1 Å². The monoisotopic (exact) mass is 468 g/mol. The van der Waals surface area contributed by atoms with Crippen LogP contribution >= 0.6 is 23.4 Å². The van der Waals surface area contributed by atoms with Crippen molar-refractivity contribution in [2.45, 2.75) is 45.3 Å². The minimum atomic E-state index is -0.977. The molecular formula is C24H25ClN4O2S. The second kappa shape index (κ2) is 9.35. The predicted molar refractivity (Wildman–Crippen MR) is 130 cm³/mol. The fourth-order valence-corrected chi connectivity index (χ4v) is 4.15. The Kier molecular flexibility index (Phi) is 6.97. The van der Waals surface area contributed by atoms with Crippen molar-refractivity contribution in [2.24, 2.45) is 5.92 Å². The van der Waals surface area contributed by atoms with E-state index in [4.69, 9.17) is 11.6 Å². The first-order valence-electron chi connectivity index (χ1n) is 10.2. The van der Waals surface area contributed by atoms with Crippen LogP contribution < -0.4 is 10.9 Å². The van der Waals surface area contributed by atoms with Gasteiger partial charge in [-0.05, 0) is 62.1 Å². The quantitative estimate of drug-likeness (QED) is 0.414. The molecule has 0 bridgehead atoms. The number of nitrogens with one attached hydrogen (secondary N) is 1. The first kappa shape index (κ1) is 23.8. The van der Waals surface area contributed by atoms with Crippen molar-refractivity contribution in [2.75, 3.05) is 5.75 Å². The lowest BCUT2D eigenvalue weighted by Gasteiger charge is -2.27. The van der Waals surface area contributed by atoms with Crippen LogP contribution in [-0.4, -0.2) is 26.8 Å². The molecule has 1 aromatic heterocycles. The Morgan fingerprint density at radius 2 is 2.03 bits per heavy atom. The Morgan fingerprint density at radius 1 is 1.31 bits per heavy atom. The Balaban J connectivity index is 2.07. The van der Waals surface area contributed by atoms with Crippen LogP contribution in [0.4, 0.5) is 0 Å². The van der Waals surface area contributed by atoms with Gasteiger partial charge in [-0.25, -0.2) is 4.98 Å². The molecule has 1 unspecified atom stereocenters. The van der Waals surface area contributed by atoms with Crippen LogP contribution in [0.15, 0.2) is 46.3 Å². The minimum absolute atomic E-state index is 0.00731. The Hall–Kier alpha value is -2.82. The molecule has 1 heterocycles. The Morgan fingerprint density at radius 3 is 2.69 bits per heavy atom. The molecule has 6 nitrogen and oxygen atoms in total. The number of halogens is 1. The van der Waals surface area contributed by atoms with E-state index in [1.165, 1.54) is 0 Å².